The van der Waals surface area contributed by atoms with Gasteiger partial charge in [0.15, 0.2) is 12.7 Å². The van der Waals surface area contributed by atoms with Gasteiger partial charge < -0.3 is 14.8 Å². The summed E-state index contributed by atoms with van der Waals surface area (Å²) in [6.07, 6.45) is 3.45. The molecule has 0 aromatic heterocycles. The molecule has 1 aliphatic carbocycles. The molecule has 1 saturated carbocycles. The summed E-state index contributed by atoms with van der Waals surface area (Å²) in [7, 11) is 0. The molecule has 132 valence electrons. The lowest BCUT2D eigenvalue weighted by Crippen LogP contribution is -2.41. The number of carbonyl (C=O) groups excluding carboxylic acids is 2. The van der Waals surface area contributed by atoms with Crippen LogP contribution in [-0.2, 0) is 14.3 Å². The minimum Gasteiger partial charge on any atom is -0.481 e. The van der Waals surface area contributed by atoms with Gasteiger partial charge in [-0.05, 0) is 31.2 Å². The maximum absolute atomic E-state index is 12.1. The van der Waals surface area contributed by atoms with E-state index in [4.69, 9.17) is 9.47 Å². The first kappa shape index (κ1) is 17.3. The third-order valence-electron chi connectivity index (χ3n) is 4.47. The molecule has 1 aliphatic rings. The highest BCUT2D eigenvalue weighted by molar-refractivity contribution is 5.88. The molecule has 1 unspecified atom stereocenters. The highest BCUT2D eigenvalue weighted by Crippen LogP contribution is 2.25. The Balaban J connectivity index is 1.51. The fraction of sp³-hybridized carbons (Fsp3) is 0.400. The van der Waals surface area contributed by atoms with E-state index in [1.807, 2.05) is 42.5 Å². The van der Waals surface area contributed by atoms with Crippen LogP contribution in [0.5, 0.6) is 5.75 Å². The number of carbonyl (C=O) groups is 2. The number of fused-ring (bicyclic) bond motifs is 1. The Labute approximate surface area is 147 Å². The van der Waals surface area contributed by atoms with E-state index in [9.17, 15) is 9.59 Å². The lowest BCUT2D eigenvalue weighted by molar-refractivity contribution is -0.156. The number of nitrogens with one attached hydrogen (secondary N) is 1. The van der Waals surface area contributed by atoms with Gasteiger partial charge in [-0.3, -0.25) is 4.79 Å². The molecular formula is C20H23NO4. The van der Waals surface area contributed by atoms with Crippen LogP contribution in [0.25, 0.3) is 10.8 Å². The van der Waals surface area contributed by atoms with Gasteiger partial charge in [-0.15, -0.1) is 0 Å². The normalized spacial score (nSPS) is 15.7. The largest absolute Gasteiger partial charge is 0.481 e. The van der Waals surface area contributed by atoms with Crippen molar-refractivity contribution < 1.29 is 19.1 Å². The maximum Gasteiger partial charge on any atom is 0.344 e. The Hall–Kier alpha value is -2.56. The Morgan fingerprint density at radius 1 is 1.12 bits per heavy atom. The first-order valence-electron chi connectivity index (χ1n) is 8.74. The summed E-state index contributed by atoms with van der Waals surface area (Å²) >= 11 is 0. The lowest BCUT2D eigenvalue weighted by atomic mass is 10.1. The van der Waals surface area contributed by atoms with Crippen molar-refractivity contribution in [2.45, 2.75) is 44.8 Å². The van der Waals surface area contributed by atoms with Crippen LogP contribution in [0.1, 0.15) is 32.6 Å². The molecule has 0 spiro atoms. The van der Waals surface area contributed by atoms with Crippen LogP contribution in [0.3, 0.4) is 0 Å². The van der Waals surface area contributed by atoms with Crippen LogP contribution >= 0.6 is 0 Å². The standard InChI is InChI=1S/C20H23NO4/c1-14(20(23)21-16-9-3-4-10-16)25-19(22)13-24-18-12-6-8-15-7-2-5-11-17(15)18/h2,5-8,11-12,14,16H,3-4,9-10,13H2,1H3,(H,21,23). The maximum atomic E-state index is 12.1. The minimum atomic E-state index is -0.816. The van der Waals surface area contributed by atoms with Crippen LogP contribution in [0.4, 0.5) is 0 Å². The molecule has 5 heteroatoms. The average Bonchev–Trinajstić information content (AvgIpc) is 3.12. The monoisotopic (exact) mass is 341 g/mol. The fourth-order valence-electron chi connectivity index (χ4n) is 3.13. The van der Waals surface area contributed by atoms with E-state index in [0.717, 1.165) is 36.5 Å². The van der Waals surface area contributed by atoms with Crippen molar-refractivity contribution in [3.63, 3.8) is 0 Å². The van der Waals surface area contributed by atoms with E-state index < -0.39 is 12.1 Å². The molecule has 0 heterocycles. The molecule has 2 aromatic rings. The summed E-state index contributed by atoms with van der Waals surface area (Å²) in [4.78, 5) is 24.0. The van der Waals surface area contributed by atoms with E-state index in [1.165, 1.54) is 0 Å². The van der Waals surface area contributed by atoms with Crippen LogP contribution in [0, 0.1) is 0 Å². The van der Waals surface area contributed by atoms with Crippen LogP contribution in [0.2, 0.25) is 0 Å². The van der Waals surface area contributed by atoms with Crippen LogP contribution in [0.15, 0.2) is 42.5 Å². The van der Waals surface area contributed by atoms with Gasteiger partial charge in [0.05, 0.1) is 0 Å². The summed E-state index contributed by atoms with van der Waals surface area (Å²) in [5, 5.41) is 4.90. The van der Waals surface area contributed by atoms with Gasteiger partial charge in [0, 0.05) is 11.4 Å². The molecule has 0 bridgehead atoms. The number of benzene rings is 2. The van der Waals surface area contributed by atoms with Crippen molar-refractivity contribution in [3.05, 3.63) is 42.5 Å². The van der Waals surface area contributed by atoms with E-state index in [2.05, 4.69) is 5.32 Å². The molecule has 3 rings (SSSR count). The first-order valence-corrected chi connectivity index (χ1v) is 8.74. The molecule has 1 fully saturated rings. The summed E-state index contributed by atoms with van der Waals surface area (Å²) < 4.78 is 10.8. The summed E-state index contributed by atoms with van der Waals surface area (Å²) in [6.45, 7) is 1.36. The fourth-order valence-corrected chi connectivity index (χ4v) is 3.13. The summed E-state index contributed by atoms with van der Waals surface area (Å²) in [5.74, 6) is -0.175. The second-order valence-corrected chi connectivity index (χ2v) is 6.39. The SMILES string of the molecule is CC(OC(=O)COc1cccc2ccccc12)C(=O)NC1CCCC1. The van der Waals surface area contributed by atoms with Crippen molar-refractivity contribution in [3.8, 4) is 5.75 Å². The van der Waals surface area contributed by atoms with Crippen molar-refractivity contribution in [2.75, 3.05) is 6.61 Å². The van der Waals surface area contributed by atoms with Crippen molar-refractivity contribution in [2.24, 2.45) is 0 Å². The van der Waals surface area contributed by atoms with E-state index in [1.54, 1.807) is 6.92 Å². The smallest absolute Gasteiger partial charge is 0.344 e. The zero-order valence-corrected chi connectivity index (χ0v) is 14.4. The van der Waals surface area contributed by atoms with Crippen molar-refractivity contribution in [1.29, 1.82) is 0 Å². The second-order valence-electron chi connectivity index (χ2n) is 6.39. The van der Waals surface area contributed by atoms with Gasteiger partial charge in [0.2, 0.25) is 0 Å². The van der Waals surface area contributed by atoms with Gasteiger partial charge >= 0.3 is 5.97 Å². The van der Waals surface area contributed by atoms with Crippen LogP contribution in [-0.4, -0.2) is 30.6 Å². The van der Waals surface area contributed by atoms with Crippen molar-refractivity contribution >= 4 is 22.6 Å². The Kier molecular flexibility index (Phi) is 5.53. The average molecular weight is 341 g/mol. The molecule has 0 radical (unpaired) electrons. The molecule has 1 atom stereocenters. The number of hydrogen-bond donors (Lipinski definition) is 1. The highest BCUT2D eigenvalue weighted by atomic mass is 16.6. The lowest BCUT2D eigenvalue weighted by Gasteiger charge is -2.17. The Morgan fingerprint density at radius 3 is 2.64 bits per heavy atom. The number of amides is 1. The number of ether oxygens (including phenoxy) is 2. The Bertz CT molecular complexity index is 747. The number of esters is 1. The van der Waals surface area contributed by atoms with Gasteiger partial charge in [-0.2, -0.15) is 0 Å². The zero-order chi connectivity index (χ0) is 17.6. The van der Waals surface area contributed by atoms with Gasteiger partial charge in [-0.1, -0.05) is 49.2 Å². The highest BCUT2D eigenvalue weighted by Gasteiger charge is 2.23. The second kappa shape index (κ2) is 8.01. The third kappa shape index (κ3) is 4.50. The molecule has 5 nitrogen and oxygen atoms in total. The summed E-state index contributed by atoms with van der Waals surface area (Å²) in [6, 6.07) is 13.7. The molecule has 25 heavy (non-hydrogen) atoms. The number of rotatable bonds is 6. The van der Waals surface area contributed by atoms with Gasteiger partial charge in [0.25, 0.3) is 5.91 Å². The molecule has 0 aliphatic heterocycles. The molecule has 0 saturated heterocycles. The molecule has 2 aromatic carbocycles. The van der Waals surface area contributed by atoms with Crippen molar-refractivity contribution in [1.82, 2.24) is 5.32 Å². The minimum absolute atomic E-state index is 0.209. The topological polar surface area (TPSA) is 64.6 Å². The molecular weight excluding hydrogens is 318 g/mol. The number of hydrogen-bond acceptors (Lipinski definition) is 4. The predicted octanol–water partition coefficient (Wildman–Crippen LogP) is 3.21. The summed E-state index contributed by atoms with van der Waals surface area (Å²) in [5.41, 5.74) is 0. The predicted molar refractivity (Wildman–Crippen MR) is 95.4 cm³/mol. The van der Waals surface area contributed by atoms with Gasteiger partial charge in [0.1, 0.15) is 5.75 Å². The third-order valence-corrected chi connectivity index (χ3v) is 4.47. The van der Waals surface area contributed by atoms with Gasteiger partial charge in [-0.25, -0.2) is 4.79 Å². The van der Waals surface area contributed by atoms with E-state index in [-0.39, 0.29) is 18.6 Å². The quantitative estimate of drug-likeness (QED) is 0.820. The first-order chi connectivity index (χ1) is 12.1. The molecule has 1 amide bonds. The Morgan fingerprint density at radius 2 is 1.84 bits per heavy atom. The molecule has 1 N–H and O–H groups in total. The van der Waals surface area contributed by atoms with E-state index in [0.29, 0.717) is 5.75 Å². The van der Waals surface area contributed by atoms with Crippen LogP contribution < -0.4 is 10.1 Å². The van der Waals surface area contributed by atoms with E-state index >= 15 is 0 Å². The zero-order valence-electron chi connectivity index (χ0n) is 14.4.